The van der Waals surface area contributed by atoms with Crippen molar-refractivity contribution in [3.63, 3.8) is 0 Å². The molecule has 0 saturated carbocycles. The number of carbonyl (C=O) groups excluding carboxylic acids is 2. The number of carboxylic acids is 1. The van der Waals surface area contributed by atoms with Gasteiger partial charge in [0.1, 0.15) is 5.03 Å². The number of thioether (sulfide) groups is 1. The van der Waals surface area contributed by atoms with Crippen molar-refractivity contribution < 1.29 is 39.3 Å². The van der Waals surface area contributed by atoms with Crippen LogP contribution in [-0.4, -0.2) is 50.0 Å². The number of rotatable bonds is 12. The highest BCUT2D eigenvalue weighted by atomic mass is 32.2. The van der Waals surface area contributed by atoms with Crippen LogP contribution < -0.4 is 10.8 Å². The smallest absolute Gasteiger partial charge is 0.338 e. The number of amides is 2. The first kappa shape index (κ1) is 30.2. The molecule has 1 aliphatic rings. The normalized spacial score (nSPS) is 18.4. The predicted molar refractivity (Wildman–Crippen MR) is 149 cm³/mol. The van der Waals surface area contributed by atoms with Gasteiger partial charge in [-0.2, -0.15) is 0 Å². The van der Waals surface area contributed by atoms with Crippen molar-refractivity contribution in [3.8, 4) is 0 Å². The van der Waals surface area contributed by atoms with Gasteiger partial charge in [0, 0.05) is 42.5 Å². The molecule has 3 unspecified atom stereocenters. The molecule has 1 aliphatic heterocycles. The molecular formula is C29H31N3O8S. The van der Waals surface area contributed by atoms with E-state index < -0.39 is 18.2 Å². The molecule has 4 rings (SSSR count). The number of carboxylic acid groups (broad SMARTS) is 1. The number of nitrogens with zero attached hydrogens (tertiary/aromatic N) is 1. The Morgan fingerprint density at radius 3 is 2.49 bits per heavy atom. The first-order valence-electron chi connectivity index (χ1n) is 13.0. The van der Waals surface area contributed by atoms with Gasteiger partial charge in [-0.05, 0) is 41.8 Å². The number of aliphatic hydroxyl groups excluding tert-OH is 1. The van der Waals surface area contributed by atoms with Crippen LogP contribution in [0, 0.1) is 0 Å². The maximum Gasteiger partial charge on any atom is 0.338 e. The third-order valence-corrected chi connectivity index (χ3v) is 7.53. The average Bonchev–Trinajstić information content (AvgIpc) is 3.00. The van der Waals surface area contributed by atoms with Crippen molar-refractivity contribution in [1.29, 1.82) is 0 Å². The lowest BCUT2D eigenvalue weighted by atomic mass is 10.0. The van der Waals surface area contributed by atoms with E-state index in [1.54, 1.807) is 35.9 Å². The summed E-state index contributed by atoms with van der Waals surface area (Å²) in [6.07, 6.45) is 1.04. The summed E-state index contributed by atoms with van der Waals surface area (Å²) in [6, 6.07) is 17.7. The molecule has 216 valence electrons. The average molecular weight is 582 g/mol. The summed E-state index contributed by atoms with van der Waals surface area (Å²) in [7, 11) is 0. The van der Waals surface area contributed by atoms with E-state index in [2.05, 4.69) is 10.3 Å². The standard InChI is InChI=1S/C29H31N3O8S/c33-16-18-9-11-19(12-10-18)24-15-22(17-41-27-23(28(36)37)6-3-13-30-27)39-29(40-24)20-4-1-5-21(14-20)31-25(34)7-2-8-26(35)32-38/h1,3-6,9-14,22,24,29,33,38H,2,7-8,15-17H2,(H,31,34)(H,32,35)(H,36,37). The first-order chi connectivity index (χ1) is 19.9. The summed E-state index contributed by atoms with van der Waals surface area (Å²) < 4.78 is 12.7. The summed E-state index contributed by atoms with van der Waals surface area (Å²) in [5.41, 5.74) is 4.56. The third-order valence-electron chi connectivity index (χ3n) is 6.40. The van der Waals surface area contributed by atoms with Gasteiger partial charge in [0.25, 0.3) is 0 Å². The van der Waals surface area contributed by atoms with Gasteiger partial charge in [0.05, 0.1) is 24.4 Å². The lowest BCUT2D eigenvalue weighted by Crippen LogP contribution is -2.31. The van der Waals surface area contributed by atoms with Crippen LogP contribution in [0.25, 0.3) is 0 Å². The minimum atomic E-state index is -1.05. The summed E-state index contributed by atoms with van der Waals surface area (Å²) >= 11 is 1.30. The van der Waals surface area contributed by atoms with Gasteiger partial charge < -0.3 is 25.0 Å². The highest BCUT2D eigenvalue weighted by Gasteiger charge is 2.32. The Morgan fingerprint density at radius 2 is 1.76 bits per heavy atom. The lowest BCUT2D eigenvalue weighted by molar-refractivity contribution is -0.245. The van der Waals surface area contributed by atoms with Crippen molar-refractivity contribution in [1.82, 2.24) is 10.5 Å². The van der Waals surface area contributed by atoms with Gasteiger partial charge in [-0.1, -0.05) is 36.4 Å². The van der Waals surface area contributed by atoms with E-state index in [1.165, 1.54) is 17.8 Å². The van der Waals surface area contributed by atoms with Crippen molar-refractivity contribution in [2.24, 2.45) is 0 Å². The minimum Gasteiger partial charge on any atom is -0.478 e. The molecule has 1 aromatic heterocycles. The molecule has 0 spiro atoms. The number of nitrogens with one attached hydrogen (secondary N) is 2. The number of aliphatic hydroxyl groups is 1. The maximum absolute atomic E-state index is 12.4. The van der Waals surface area contributed by atoms with E-state index in [4.69, 9.17) is 14.7 Å². The van der Waals surface area contributed by atoms with Crippen LogP contribution in [0.15, 0.2) is 71.9 Å². The number of ether oxygens (including phenoxy) is 2. The first-order valence-corrected chi connectivity index (χ1v) is 14.0. The van der Waals surface area contributed by atoms with Gasteiger partial charge in [-0.25, -0.2) is 15.3 Å². The number of hydrogen-bond acceptors (Lipinski definition) is 9. The molecule has 5 N–H and O–H groups in total. The summed E-state index contributed by atoms with van der Waals surface area (Å²) in [5, 5.41) is 30.7. The van der Waals surface area contributed by atoms with Gasteiger partial charge >= 0.3 is 5.97 Å². The number of hydroxylamine groups is 1. The largest absolute Gasteiger partial charge is 0.478 e. The van der Waals surface area contributed by atoms with Crippen LogP contribution >= 0.6 is 11.8 Å². The Balaban J connectivity index is 1.49. The van der Waals surface area contributed by atoms with Gasteiger partial charge in [0.15, 0.2) is 6.29 Å². The zero-order chi connectivity index (χ0) is 29.2. The van der Waals surface area contributed by atoms with Crippen LogP contribution in [0.4, 0.5) is 5.69 Å². The Kier molecular flexibility index (Phi) is 10.8. The van der Waals surface area contributed by atoms with Crippen LogP contribution in [-0.2, 0) is 25.7 Å². The predicted octanol–water partition coefficient (Wildman–Crippen LogP) is 4.22. The molecule has 1 fully saturated rings. The number of benzene rings is 2. The molecule has 3 aromatic rings. The number of aromatic carboxylic acids is 1. The Morgan fingerprint density at radius 1 is 0.976 bits per heavy atom. The molecule has 3 atom stereocenters. The zero-order valence-corrected chi connectivity index (χ0v) is 22.9. The van der Waals surface area contributed by atoms with E-state index in [9.17, 15) is 24.6 Å². The number of anilines is 1. The molecule has 1 saturated heterocycles. The third kappa shape index (κ3) is 8.59. The van der Waals surface area contributed by atoms with E-state index in [1.807, 2.05) is 30.3 Å². The summed E-state index contributed by atoms with van der Waals surface area (Å²) in [5.74, 6) is -1.45. The Hall–Kier alpha value is -3.81. The maximum atomic E-state index is 12.4. The lowest BCUT2D eigenvalue weighted by Gasteiger charge is -2.36. The van der Waals surface area contributed by atoms with Crippen molar-refractivity contribution in [3.05, 3.63) is 89.1 Å². The minimum absolute atomic E-state index is 0.0280. The van der Waals surface area contributed by atoms with Crippen molar-refractivity contribution >= 4 is 35.2 Å². The fraction of sp³-hybridized carbons (Fsp3) is 0.310. The Labute approximate surface area is 240 Å². The zero-order valence-electron chi connectivity index (χ0n) is 22.1. The fourth-order valence-electron chi connectivity index (χ4n) is 4.32. The molecular weight excluding hydrogens is 550 g/mol. The molecule has 2 aromatic carbocycles. The van der Waals surface area contributed by atoms with Crippen molar-refractivity contribution in [2.75, 3.05) is 11.1 Å². The molecule has 12 heteroatoms. The molecule has 41 heavy (non-hydrogen) atoms. The highest BCUT2D eigenvalue weighted by Crippen LogP contribution is 2.40. The number of carbonyl (C=O) groups is 3. The van der Waals surface area contributed by atoms with Crippen molar-refractivity contribution in [2.45, 2.75) is 55.8 Å². The summed E-state index contributed by atoms with van der Waals surface area (Å²) in [4.78, 5) is 39.4. The highest BCUT2D eigenvalue weighted by molar-refractivity contribution is 7.99. The van der Waals surface area contributed by atoms with Gasteiger partial charge in [-0.15, -0.1) is 11.8 Å². The monoisotopic (exact) mass is 581 g/mol. The summed E-state index contributed by atoms with van der Waals surface area (Å²) in [6.45, 7) is -0.0695. The fourth-order valence-corrected chi connectivity index (χ4v) is 5.32. The van der Waals surface area contributed by atoms with Gasteiger partial charge in [-0.3, -0.25) is 14.8 Å². The SMILES string of the molecule is O=C(CCCC(=O)Nc1cccc(C2OC(CSc3ncccc3C(=O)O)CC(c3ccc(CO)cc3)O2)c1)NO. The van der Waals surface area contributed by atoms with E-state index >= 15 is 0 Å². The molecule has 11 nitrogen and oxygen atoms in total. The number of hydrogen-bond donors (Lipinski definition) is 5. The molecule has 0 aliphatic carbocycles. The molecule has 2 amide bonds. The topological polar surface area (TPSA) is 167 Å². The number of aromatic nitrogens is 1. The quantitative estimate of drug-likeness (QED) is 0.119. The second-order valence-corrected chi connectivity index (χ2v) is 10.4. The van der Waals surface area contributed by atoms with E-state index in [0.717, 1.165) is 11.1 Å². The number of pyridine rings is 1. The van der Waals surface area contributed by atoms with E-state index in [-0.39, 0.29) is 49.5 Å². The molecule has 0 bridgehead atoms. The Bertz CT molecular complexity index is 1350. The van der Waals surface area contributed by atoms with E-state index in [0.29, 0.717) is 28.5 Å². The van der Waals surface area contributed by atoms with Crippen LogP contribution in [0.3, 0.4) is 0 Å². The molecule has 0 radical (unpaired) electrons. The van der Waals surface area contributed by atoms with Crippen LogP contribution in [0.5, 0.6) is 0 Å². The van der Waals surface area contributed by atoms with Crippen LogP contribution in [0.2, 0.25) is 0 Å². The second kappa shape index (κ2) is 14.7. The van der Waals surface area contributed by atoms with Crippen LogP contribution in [0.1, 0.15) is 65.1 Å². The second-order valence-electron chi connectivity index (χ2n) is 9.38. The molecule has 2 heterocycles. The van der Waals surface area contributed by atoms with Gasteiger partial charge in [0.2, 0.25) is 11.8 Å².